The van der Waals surface area contributed by atoms with Crippen LogP contribution in [0.15, 0.2) is 30.5 Å². The number of anilines is 1. The molecular formula is C28H30FN5O7. The van der Waals surface area contributed by atoms with Crippen molar-refractivity contribution in [2.24, 2.45) is 0 Å². The Morgan fingerprint density at radius 3 is 2.78 bits per heavy atom. The molecule has 3 aromatic rings. The van der Waals surface area contributed by atoms with Crippen LogP contribution < -0.4 is 20.1 Å². The van der Waals surface area contributed by atoms with Crippen molar-refractivity contribution < 1.29 is 38.0 Å². The highest BCUT2D eigenvalue weighted by atomic mass is 19.1. The van der Waals surface area contributed by atoms with E-state index in [1.165, 1.54) is 7.11 Å². The number of carboxylic acids is 1. The number of aliphatic carboxylic acids is 1. The van der Waals surface area contributed by atoms with Gasteiger partial charge in [-0.15, -0.1) is 0 Å². The van der Waals surface area contributed by atoms with Gasteiger partial charge in [0, 0.05) is 30.1 Å². The summed E-state index contributed by atoms with van der Waals surface area (Å²) in [7, 11) is 1.48. The van der Waals surface area contributed by atoms with Crippen LogP contribution in [-0.2, 0) is 32.0 Å². The summed E-state index contributed by atoms with van der Waals surface area (Å²) in [6.07, 6.45) is 3.15. The Morgan fingerprint density at radius 1 is 1.22 bits per heavy atom. The van der Waals surface area contributed by atoms with Gasteiger partial charge in [-0.2, -0.15) is 0 Å². The van der Waals surface area contributed by atoms with E-state index in [4.69, 9.17) is 18.9 Å². The number of carboxylic acid groups (broad SMARTS) is 1. The molecule has 0 aromatic carbocycles. The number of nitrogens with one attached hydrogen (secondary N) is 2. The maximum atomic E-state index is 15.2. The summed E-state index contributed by atoms with van der Waals surface area (Å²) in [5.74, 6) is -0.657. The number of hydrogen-bond donors (Lipinski definition) is 3. The van der Waals surface area contributed by atoms with Gasteiger partial charge in [0.05, 0.1) is 48.3 Å². The molecule has 3 fully saturated rings. The minimum Gasteiger partial charge on any atom is -0.481 e. The number of nitrogens with zero attached hydrogens (tertiary/aromatic N) is 3. The number of amides is 1. The van der Waals surface area contributed by atoms with Crippen molar-refractivity contribution in [3.8, 4) is 11.6 Å². The molecule has 0 radical (unpaired) electrons. The maximum Gasteiger partial charge on any atom is 0.329 e. The molecular weight excluding hydrogens is 537 g/mol. The number of ether oxygens (including phenoxy) is 4. The standard InChI is InChI=1S/C28H30FN5O7/c1-38-23-5-3-19-25(34-23)17(18(29)12-30-19)10-21(40-14-24(36)37)28-8-6-27(7-9-28,15-41-28)31-11-16-2-4-20-26(32-16)33-22(35)13-39-20/h2-5,12,21,31H,6-11,13-15H2,1H3,(H,36,37)(H,32,33,35). The monoisotopic (exact) mass is 567 g/mol. The number of hydrogen-bond acceptors (Lipinski definition) is 10. The Bertz CT molecular complexity index is 1480. The first-order valence-corrected chi connectivity index (χ1v) is 13.4. The molecule has 2 saturated heterocycles. The average molecular weight is 568 g/mol. The van der Waals surface area contributed by atoms with E-state index in [2.05, 4.69) is 25.6 Å². The fourth-order valence-corrected chi connectivity index (χ4v) is 5.89. The molecule has 1 unspecified atom stereocenters. The SMILES string of the molecule is COc1ccc2ncc(F)c(CC(OCC(=O)O)C34CCC(NCc5ccc6c(n5)NC(=O)CO6)(CC3)CO4)c2n1. The predicted octanol–water partition coefficient (Wildman–Crippen LogP) is 2.39. The van der Waals surface area contributed by atoms with Crippen LogP contribution in [0.3, 0.4) is 0 Å². The van der Waals surface area contributed by atoms with Gasteiger partial charge < -0.3 is 34.7 Å². The zero-order chi connectivity index (χ0) is 28.6. The van der Waals surface area contributed by atoms with Crippen LogP contribution in [0.2, 0.25) is 0 Å². The number of methoxy groups -OCH3 is 1. The molecule has 1 amide bonds. The largest absolute Gasteiger partial charge is 0.481 e. The maximum absolute atomic E-state index is 15.2. The lowest BCUT2D eigenvalue weighted by Gasteiger charge is -2.55. The molecule has 1 atom stereocenters. The zero-order valence-corrected chi connectivity index (χ0v) is 22.4. The van der Waals surface area contributed by atoms with Crippen LogP contribution in [-0.4, -0.2) is 76.1 Å². The highest BCUT2D eigenvalue weighted by molar-refractivity contribution is 5.94. The number of carbonyl (C=O) groups is 2. The van der Waals surface area contributed by atoms with Gasteiger partial charge in [0.2, 0.25) is 5.88 Å². The van der Waals surface area contributed by atoms with Gasteiger partial charge in [-0.1, -0.05) is 0 Å². The van der Waals surface area contributed by atoms with Gasteiger partial charge in [0.1, 0.15) is 12.4 Å². The van der Waals surface area contributed by atoms with Crippen molar-refractivity contribution in [3.63, 3.8) is 0 Å². The van der Waals surface area contributed by atoms with E-state index < -0.39 is 30.1 Å². The molecule has 3 aliphatic heterocycles. The molecule has 216 valence electrons. The van der Waals surface area contributed by atoms with Crippen molar-refractivity contribution in [3.05, 3.63) is 47.5 Å². The normalized spacial score (nSPS) is 23.9. The van der Waals surface area contributed by atoms with E-state index in [0.29, 0.717) is 54.5 Å². The predicted molar refractivity (Wildman–Crippen MR) is 142 cm³/mol. The summed E-state index contributed by atoms with van der Waals surface area (Å²) < 4.78 is 38.1. The van der Waals surface area contributed by atoms with Gasteiger partial charge in [-0.25, -0.2) is 19.2 Å². The van der Waals surface area contributed by atoms with E-state index in [1.54, 1.807) is 18.2 Å². The number of pyridine rings is 3. The highest BCUT2D eigenvalue weighted by Crippen LogP contribution is 2.47. The van der Waals surface area contributed by atoms with Crippen molar-refractivity contribution >= 4 is 28.7 Å². The summed E-state index contributed by atoms with van der Waals surface area (Å²) in [4.78, 5) is 36.2. The van der Waals surface area contributed by atoms with E-state index in [9.17, 15) is 14.7 Å². The fraction of sp³-hybridized carbons (Fsp3) is 0.464. The van der Waals surface area contributed by atoms with Crippen molar-refractivity contribution in [1.29, 1.82) is 0 Å². The first-order valence-electron chi connectivity index (χ1n) is 13.4. The molecule has 1 aliphatic carbocycles. The van der Waals surface area contributed by atoms with Crippen molar-refractivity contribution in [2.45, 2.75) is 55.9 Å². The second kappa shape index (κ2) is 10.8. The number of rotatable bonds is 10. The fourth-order valence-electron chi connectivity index (χ4n) is 5.89. The zero-order valence-electron chi connectivity index (χ0n) is 22.4. The number of halogens is 1. The van der Waals surface area contributed by atoms with Gasteiger partial charge in [-0.05, 0) is 43.9 Å². The molecule has 6 heterocycles. The molecule has 3 aromatic heterocycles. The topological polar surface area (TPSA) is 154 Å². The van der Waals surface area contributed by atoms with E-state index in [-0.39, 0.29) is 30.0 Å². The molecule has 4 aliphatic rings. The lowest BCUT2D eigenvalue weighted by molar-refractivity contribution is -0.221. The average Bonchev–Trinajstić information content (AvgIpc) is 2.99. The van der Waals surface area contributed by atoms with Gasteiger partial charge in [0.25, 0.3) is 5.91 Å². The number of carbonyl (C=O) groups excluding carboxylic acids is 1. The second-order valence-corrected chi connectivity index (χ2v) is 10.7. The number of fused-ring (bicyclic) bond motifs is 5. The van der Waals surface area contributed by atoms with Crippen LogP contribution in [0.4, 0.5) is 10.2 Å². The Kier molecular flexibility index (Phi) is 7.18. The molecule has 13 heteroatoms. The highest BCUT2D eigenvalue weighted by Gasteiger charge is 2.54. The van der Waals surface area contributed by atoms with Crippen LogP contribution in [0.5, 0.6) is 11.6 Å². The first kappa shape index (κ1) is 27.2. The van der Waals surface area contributed by atoms with Crippen LogP contribution in [0, 0.1) is 5.82 Å². The summed E-state index contributed by atoms with van der Waals surface area (Å²) in [5, 5.41) is 15.7. The smallest absolute Gasteiger partial charge is 0.329 e. The van der Waals surface area contributed by atoms with E-state index in [1.807, 2.05) is 6.07 Å². The third kappa shape index (κ3) is 5.39. The summed E-state index contributed by atoms with van der Waals surface area (Å²) in [5.41, 5.74) is 0.765. The van der Waals surface area contributed by atoms with Crippen molar-refractivity contribution in [2.75, 3.05) is 32.2 Å². The minimum absolute atomic E-state index is 0.0274. The summed E-state index contributed by atoms with van der Waals surface area (Å²) in [6, 6.07) is 6.99. The Balaban J connectivity index is 1.19. The quantitative estimate of drug-likeness (QED) is 0.331. The molecule has 12 nitrogen and oxygen atoms in total. The summed E-state index contributed by atoms with van der Waals surface area (Å²) in [6.45, 7) is 0.266. The lowest BCUT2D eigenvalue weighted by Crippen LogP contribution is -2.65. The molecule has 7 rings (SSSR count). The third-order valence-corrected chi connectivity index (χ3v) is 8.20. The van der Waals surface area contributed by atoms with Crippen LogP contribution in [0.25, 0.3) is 11.0 Å². The van der Waals surface area contributed by atoms with E-state index in [0.717, 1.165) is 24.7 Å². The molecule has 41 heavy (non-hydrogen) atoms. The molecule has 1 saturated carbocycles. The lowest BCUT2D eigenvalue weighted by atomic mass is 9.68. The summed E-state index contributed by atoms with van der Waals surface area (Å²) >= 11 is 0. The Hall–Kier alpha value is -3.94. The molecule has 2 bridgehead atoms. The second-order valence-electron chi connectivity index (χ2n) is 10.7. The first-order chi connectivity index (χ1) is 19.8. The van der Waals surface area contributed by atoms with Gasteiger partial charge in [-0.3, -0.25) is 9.78 Å². The van der Waals surface area contributed by atoms with Crippen LogP contribution in [0.1, 0.15) is 36.9 Å². The molecule has 3 N–H and O–H groups in total. The van der Waals surface area contributed by atoms with E-state index >= 15 is 4.39 Å². The van der Waals surface area contributed by atoms with Gasteiger partial charge in [0.15, 0.2) is 18.2 Å². The third-order valence-electron chi connectivity index (χ3n) is 8.20. The van der Waals surface area contributed by atoms with Crippen molar-refractivity contribution in [1.82, 2.24) is 20.3 Å². The Labute approximate surface area is 234 Å². The molecule has 0 spiro atoms. The van der Waals surface area contributed by atoms with Crippen LogP contribution >= 0.6 is 0 Å². The Morgan fingerprint density at radius 2 is 2.05 bits per heavy atom. The van der Waals surface area contributed by atoms with Gasteiger partial charge >= 0.3 is 5.97 Å². The minimum atomic E-state index is -1.12. The number of aromatic nitrogens is 3.